The first kappa shape index (κ1) is 17.7. The second-order valence-electron chi connectivity index (χ2n) is 6.62. The zero-order valence-electron chi connectivity index (χ0n) is 14.2. The standard InChI is InChI=1S/C18H23FN2O4/c1-24-12-2-3-13(14(19)10-12)18(23)21-8-6-11(7-9-21)15-4-5-16(25-15)17(20)22/h2-3,10-11,15-16H,4-9H2,1H3,(H2,20,22)/t15-,16+/m0/s1. The number of hydrogen-bond acceptors (Lipinski definition) is 4. The van der Waals surface area contributed by atoms with Crippen molar-refractivity contribution in [3.05, 3.63) is 29.6 Å². The van der Waals surface area contributed by atoms with Gasteiger partial charge in [-0.1, -0.05) is 0 Å². The molecule has 2 N–H and O–H groups in total. The van der Waals surface area contributed by atoms with Crippen LogP contribution in [-0.2, 0) is 9.53 Å². The van der Waals surface area contributed by atoms with Gasteiger partial charge in [-0.15, -0.1) is 0 Å². The van der Waals surface area contributed by atoms with E-state index in [0.717, 1.165) is 19.3 Å². The van der Waals surface area contributed by atoms with E-state index in [9.17, 15) is 14.0 Å². The topological polar surface area (TPSA) is 81.9 Å². The number of ether oxygens (including phenoxy) is 2. The fraction of sp³-hybridized carbons (Fsp3) is 0.556. The summed E-state index contributed by atoms with van der Waals surface area (Å²) in [6.07, 6.45) is 2.57. The molecule has 0 radical (unpaired) electrons. The monoisotopic (exact) mass is 350 g/mol. The van der Waals surface area contributed by atoms with E-state index in [4.69, 9.17) is 15.2 Å². The van der Waals surface area contributed by atoms with Crippen molar-refractivity contribution in [2.75, 3.05) is 20.2 Å². The van der Waals surface area contributed by atoms with Crippen LogP contribution in [0.1, 0.15) is 36.0 Å². The third-order valence-corrected chi connectivity index (χ3v) is 5.13. The van der Waals surface area contributed by atoms with Crippen molar-refractivity contribution in [1.82, 2.24) is 4.90 Å². The Morgan fingerprint density at radius 3 is 2.52 bits per heavy atom. The molecule has 0 bridgehead atoms. The molecule has 25 heavy (non-hydrogen) atoms. The number of nitrogens with two attached hydrogens (primary N) is 1. The lowest BCUT2D eigenvalue weighted by Crippen LogP contribution is -2.42. The van der Waals surface area contributed by atoms with Gasteiger partial charge in [0.2, 0.25) is 5.91 Å². The van der Waals surface area contributed by atoms with Gasteiger partial charge in [-0.2, -0.15) is 0 Å². The van der Waals surface area contributed by atoms with Crippen LogP contribution in [0.25, 0.3) is 0 Å². The second-order valence-corrected chi connectivity index (χ2v) is 6.62. The predicted molar refractivity (Wildman–Crippen MR) is 88.7 cm³/mol. The number of halogens is 1. The van der Waals surface area contributed by atoms with Gasteiger partial charge in [0, 0.05) is 19.2 Å². The highest BCUT2D eigenvalue weighted by molar-refractivity contribution is 5.94. The van der Waals surface area contributed by atoms with Crippen LogP contribution >= 0.6 is 0 Å². The molecule has 1 aromatic carbocycles. The van der Waals surface area contributed by atoms with E-state index in [-0.39, 0.29) is 17.6 Å². The molecular formula is C18H23FN2O4. The lowest BCUT2D eigenvalue weighted by Gasteiger charge is -2.34. The number of piperidine rings is 1. The zero-order valence-corrected chi connectivity index (χ0v) is 14.2. The number of nitrogens with zero attached hydrogens (tertiary/aromatic N) is 1. The number of amides is 2. The summed E-state index contributed by atoms with van der Waals surface area (Å²) < 4.78 is 24.8. The van der Waals surface area contributed by atoms with Crippen LogP contribution < -0.4 is 10.5 Å². The molecule has 0 unspecified atom stereocenters. The second kappa shape index (κ2) is 7.39. The Hall–Kier alpha value is -2.15. The van der Waals surface area contributed by atoms with E-state index < -0.39 is 17.8 Å². The van der Waals surface area contributed by atoms with Crippen LogP contribution in [0.15, 0.2) is 18.2 Å². The molecule has 2 atom stereocenters. The van der Waals surface area contributed by atoms with E-state index in [0.29, 0.717) is 31.2 Å². The lowest BCUT2D eigenvalue weighted by molar-refractivity contribution is -0.130. The van der Waals surface area contributed by atoms with Crippen LogP contribution in [0.2, 0.25) is 0 Å². The number of carbonyl (C=O) groups excluding carboxylic acids is 2. The van der Waals surface area contributed by atoms with Gasteiger partial charge < -0.3 is 20.1 Å². The zero-order chi connectivity index (χ0) is 18.0. The molecule has 2 saturated heterocycles. The summed E-state index contributed by atoms with van der Waals surface area (Å²) in [5.41, 5.74) is 5.35. The van der Waals surface area contributed by atoms with Gasteiger partial charge >= 0.3 is 0 Å². The molecule has 6 nitrogen and oxygen atoms in total. The van der Waals surface area contributed by atoms with Crippen molar-refractivity contribution in [3.63, 3.8) is 0 Å². The van der Waals surface area contributed by atoms with Crippen LogP contribution in [-0.4, -0.2) is 49.1 Å². The smallest absolute Gasteiger partial charge is 0.256 e. The molecular weight excluding hydrogens is 327 g/mol. The van der Waals surface area contributed by atoms with Gasteiger partial charge in [0.05, 0.1) is 18.8 Å². The number of methoxy groups -OCH3 is 1. The average Bonchev–Trinajstić information content (AvgIpc) is 3.11. The first-order valence-corrected chi connectivity index (χ1v) is 8.57. The Kier molecular flexibility index (Phi) is 5.22. The third kappa shape index (κ3) is 3.76. The lowest BCUT2D eigenvalue weighted by atomic mass is 9.89. The highest BCUT2D eigenvalue weighted by Crippen LogP contribution is 2.32. The fourth-order valence-corrected chi connectivity index (χ4v) is 3.66. The molecule has 3 rings (SSSR count). The maximum absolute atomic E-state index is 14.1. The number of hydrogen-bond donors (Lipinski definition) is 1. The maximum atomic E-state index is 14.1. The third-order valence-electron chi connectivity index (χ3n) is 5.13. The summed E-state index contributed by atoms with van der Waals surface area (Å²) in [5, 5.41) is 0. The van der Waals surface area contributed by atoms with E-state index in [1.165, 1.54) is 19.2 Å². The van der Waals surface area contributed by atoms with Crippen molar-refractivity contribution < 1.29 is 23.5 Å². The van der Waals surface area contributed by atoms with Crippen molar-refractivity contribution in [2.24, 2.45) is 11.7 Å². The SMILES string of the molecule is COc1ccc(C(=O)N2CCC([C@@H]3CC[C@H](C(N)=O)O3)CC2)c(F)c1. The van der Waals surface area contributed by atoms with E-state index in [1.807, 2.05) is 0 Å². The molecule has 2 aliphatic heterocycles. The molecule has 7 heteroatoms. The van der Waals surface area contributed by atoms with Crippen molar-refractivity contribution in [3.8, 4) is 5.75 Å². The molecule has 2 fully saturated rings. The largest absolute Gasteiger partial charge is 0.497 e. The van der Waals surface area contributed by atoms with E-state index in [2.05, 4.69) is 0 Å². The van der Waals surface area contributed by atoms with Gasteiger partial charge in [0.1, 0.15) is 17.7 Å². The highest BCUT2D eigenvalue weighted by Gasteiger charge is 2.36. The summed E-state index contributed by atoms with van der Waals surface area (Å²) in [5.74, 6) is -0.606. The summed E-state index contributed by atoms with van der Waals surface area (Å²) in [6, 6.07) is 4.26. The molecule has 136 valence electrons. The molecule has 2 aliphatic rings. The van der Waals surface area contributed by atoms with Gasteiger partial charge in [0.15, 0.2) is 0 Å². The molecule has 0 saturated carbocycles. The Labute approximate surface area is 146 Å². The number of benzene rings is 1. The average molecular weight is 350 g/mol. The minimum Gasteiger partial charge on any atom is -0.497 e. The first-order chi connectivity index (χ1) is 12.0. The summed E-state index contributed by atoms with van der Waals surface area (Å²) in [4.78, 5) is 25.4. The van der Waals surface area contributed by atoms with Crippen molar-refractivity contribution in [1.29, 1.82) is 0 Å². The fourth-order valence-electron chi connectivity index (χ4n) is 3.66. The summed E-state index contributed by atoms with van der Waals surface area (Å²) in [7, 11) is 1.45. The van der Waals surface area contributed by atoms with Crippen LogP contribution in [0.5, 0.6) is 5.75 Å². The molecule has 0 aromatic heterocycles. The highest BCUT2D eigenvalue weighted by atomic mass is 19.1. The predicted octanol–water partition coefficient (Wildman–Crippen LogP) is 1.72. The maximum Gasteiger partial charge on any atom is 0.256 e. The Morgan fingerprint density at radius 2 is 1.96 bits per heavy atom. The number of carbonyl (C=O) groups is 2. The Morgan fingerprint density at radius 1 is 1.24 bits per heavy atom. The minimum atomic E-state index is -0.574. The first-order valence-electron chi connectivity index (χ1n) is 8.57. The number of primary amides is 1. The molecule has 1 aromatic rings. The molecule has 0 aliphatic carbocycles. The van der Waals surface area contributed by atoms with Gasteiger partial charge in [-0.05, 0) is 43.7 Å². The van der Waals surface area contributed by atoms with Crippen LogP contribution in [0.4, 0.5) is 4.39 Å². The molecule has 0 spiro atoms. The number of likely N-dealkylation sites (tertiary alicyclic amines) is 1. The minimum absolute atomic E-state index is 0.0208. The van der Waals surface area contributed by atoms with Crippen LogP contribution in [0, 0.1) is 11.7 Å². The van der Waals surface area contributed by atoms with E-state index in [1.54, 1.807) is 11.0 Å². The van der Waals surface area contributed by atoms with Crippen molar-refractivity contribution in [2.45, 2.75) is 37.9 Å². The van der Waals surface area contributed by atoms with Gasteiger partial charge in [-0.25, -0.2) is 4.39 Å². The molecule has 2 heterocycles. The van der Waals surface area contributed by atoms with Crippen molar-refractivity contribution >= 4 is 11.8 Å². The normalized spacial score (nSPS) is 24.3. The summed E-state index contributed by atoms with van der Waals surface area (Å²) >= 11 is 0. The van der Waals surface area contributed by atoms with Gasteiger partial charge in [0.25, 0.3) is 5.91 Å². The summed E-state index contributed by atoms with van der Waals surface area (Å²) in [6.45, 7) is 1.10. The van der Waals surface area contributed by atoms with Gasteiger partial charge in [-0.3, -0.25) is 9.59 Å². The Balaban J connectivity index is 1.57. The number of rotatable bonds is 4. The molecule has 2 amide bonds. The van der Waals surface area contributed by atoms with E-state index >= 15 is 0 Å². The quantitative estimate of drug-likeness (QED) is 0.896. The van der Waals surface area contributed by atoms with Crippen LogP contribution in [0.3, 0.4) is 0 Å². The Bertz CT molecular complexity index is 658.